The average molecular weight is 392 g/mol. The Morgan fingerprint density at radius 1 is 0.857 bits per heavy atom. The number of likely N-dealkylation sites (tertiary alicyclic amines) is 1. The lowest BCUT2D eigenvalue weighted by molar-refractivity contribution is 0.0783. The van der Waals surface area contributed by atoms with Crippen LogP contribution < -0.4 is 4.74 Å². The van der Waals surface area contributed by atoms with Crippen molar-refractivity contribution in [3.05, 3.63) is 101 Å². The topological polar surface area (TPSA) is 12.5 Å². The molecule has 0 saturated carbocycles. The standard InChI is InChI=1S/C25H26ClNO/c26-22-11-13-23(14-12-22)28-25-16-18-27(17-15-20-7-3-1-4-8-20)19-24(25)21-9-5-2-6-10-21/h1-14,24-25H,15-19H2. The SMILES string of the molecule is Clc1ccc(OC2CCN(CCc3ccccc3)CC2c2ccccc2)cc1. The van der Waals surface area contributed by atoms with Crippen molar-refractivity contribution in [2.45, 2.75) is 24.9 Å². The number of hydrogen-bond acceptors (Lipinski definition) is 2. The van der Waals surface area contributed by atoms with E-state index in [9.17, 15) is 0 Å². The molecule has 28 heavy (non-hydrogen) atoms. The van der Waals surface area contributed by atoms with E-state index in [1.54, 1.807) is 0 Å². The molecule has 144 valence electrons. The lowest BCUT2D eigenvalue weighted by Gasteiger charge is -2.39. The summed E-state index contributed by atoms with van der Waals surface area (Å²) in [5.41, 5.74) is 2.75. The van der Waals surface area contributed by atoms with E-state index in [1.807, 2.05) is 24.3 Å². The summed E-state index contributed by atoms with van der Waals surface area (Å²) >= 11 is 6.02. The van der Waals surface area contributed by atoms with Crippen LogP contribution in [0.15, 0.2) is 84.9 Å². The van der Waals surface area contributed by atoms with Crippen LogP contribution in [0.3, 0.4) is 0 Å². The molecule has 1 saturated heterocycles. The highest BCUT2D eigenvalue weighted by molar-refractivity contribution is 6.30. The van der Waals surface area contributed by atoms with Crippen molar-refractivity contribution in [1.82, 2.24) is 4.90 Å². The summed E-state index contributed by atoms with van der Waals surface area (Å²) in [5, 5.41) is 0.739. The highest BCUT2D eigenvalue weighted by atomic mass is 35.5. The second-order valence-electron chi connectivity index (χ2n) is 7.45. The van der Waals surface area contributed by atoms with E-state index in [4.69, 9.17) is 16.3 Å². The van der Waals surface area contributed by atoms with Crippen LogP contribution >= 0.6 is 11.6 Å². The lowest BCUT2D eigenvalue weighted by Crippen LogP contribution is -2.44. The van der Waals surface area contributed by atoms with E-state index in [2.05, 4.69) is 65.6 Å². The molecule has 1 fully saturated rings. The van der Waals surface area contributed by atoms with E-state index in [1.165, 1.54) is 11.1 Å². The summed E-state index contributed by atoms with van der Waals surface area (Å²) < 4.78 is 6.40. The highest BCUT2D eigenvalue weighted by Gasteiger charge is 2.31. The molecule has 0 N–H and O–H groups in total. The Morgan fingerprint density at radius 2 is 1.54 bits per heavy atom. The molecule has 0 radical (unpaired) electrons. The minimum absolute atomic E-state index is 0.177. The third-order valence-corrected chi connectivity index (χ3v) is 5.77. The Labute approximate surface area is 172 Å². The first-order chi connectivity index (χ1) is 13.8. The van der Waals surface area contributed by atoms with Crippen molar-refractivity contribution in [3.8, 4) is 5.75 Å². The number of piperidine rings is 1. The molecule has 0 aromatic heterocycles. The Kier molecular flexibility index (Phi) is 6.31. The smallest absolute Gasteiger partial charge is 0.119 e. The van der Waals surface area contributed by atoms with Crippen molar-refractivity contribution >= 4 is 11.6 Å². The van der Waals surface area contributed by atoms with Crippen molar-refractivity contribution in [1.29, 1.82) is 0 Å². The van der Waals surface area contributed by atoms with Crippen LogP contribution in [0, 0.1) is 0 Å². The van der Waals surface area contributed by atoms with Gasteiger partial charge in [-0.05, 0) is 48.2 Å². The van der Waals surface area contributed by atoms with Crippen LogP contribution in [-0.4, -0.2) is 30.6 Å². The summed E-state index contributed by atoms with van der Waals surface area (Å²) in [5.74, 6) is 1.26. The zero-order valence-electron chi connectivity index (χ0n) is 16.0. The van der Waals surface area contributed by atoms with Crippen LogP contribution in [0.1, 0.15) is 23.5 Å². The molecule has 4 rings (SSSR count). The van der Waals surface area contributed by atoms with Gasteiger partial charge in [-0.2, -0.15) is 0 Å². The van der Waals surface area contributed by atoms with E-state index >= 15 is 0 Å². The average Bonchev–Trinajstić information content (AvgIpc) is 2.76. The molecule has 0 amide bonds. The molecule has 2 unspecified atom stereocenters. The molecule has 0 spiro atoms. The van der Waals surface area contributed by atoms with Crippen molar-refractivity contribution < 1.29 is 4.74 Å². The number of halogens is 1. The monoisotopic (exact) mass is 391 g/mol. The van der Waals surface area contributed by atoms with Gasteiger partial charge in [-0.25, -0.2) is 0 Å². The quantitative estimate of drug-likeness (QED) is 0.525. The van der Waals surface area contributed by atoms with Gasteiger partial charge >= 0.3 is 0 Å². The van der Waals surface area contributed by atoms with E-state index < -0.39 is 0 Å². The van der Waals surface area contributed by atoms with Gasteiger partial charge in [-0.1, -0.05) is 72.3 Å². The third-order valence-electron chi connectivity index (χ3n) is 5.52. The van der Waals surface area contributed by atoms with Crippen LogP contribution in [-0.2, 0) is 6.42 Å². The first-order valence-corrected chi connectivity index (χ1v) is 10.4. The largest absolute Gasteiger partial charge is 0.490 e. The van der Waals surface area contributed by atoms with Gasteiger partial charge in [-0.3, -0.25) is 0 Å². The maximum Gasteiger partial charge on any atom is 0.119 e. The zero-order chi connectivity index (χ0) is 19.2. The summed E-state index contributed by atoms with van der Waals surface area (Å²) in [6, 6.07) is 29.2. The van der Waals surface area contributed by atoms with Gasteiger partial charge in [0.2, 0.25) is 0 Å². The molecule has 1 aliphatic heterocycles. The number of benzene rings is 3. The maximum atomic E-state index is 6.40. The molecule has 3 aromatic rings. The van der Waals surface area contributed by atoms with Gasteiger partial charge in [-0.15, -0.1) is 0 Å². The molecule has 1 heterocycles. The van der Waals surface area contributed by atoms with Gasteiger partial charge in [0.05, 0.1) is 0 Å². The van der Waals surface area contributed by atoms with Crippen LogP contribution in [0.5, 0.6) is 5.75 Å². The minimum Gasteiger partial charge on any atom is -0.490 e. The summed E-state index contributed by atoms with van der Waals surface area (Å²) in [7, 11) is 0. The normalized spacial score (nSPS) is 20.0. The van der Waals surface area contributed by atoms with Gasteiger partial charge in [0.1, 0.15) is 11.9 Å². The third kappa shape index (κ3) is 4.95. The number of ether oxygens (including phenoxy) is 1. The molecule has 3 aromatic carbocycles. The Bertz CT molecular complexity index is 851. The van der Waals surface area contributed by atoms with Crippen LogP contribution in [0.4, 0.5) is 0 Å². The predicted octanol–water partition coefficient (Wildman–Crippen LogP) is 5.82. The fourth-order valence-corrected chi connectivity index (χ4v) is 4.11. The van der Waals surface area contributed by atoms with Crippen LogP contribution in [0.2, 0.25) is 5.02 Å². The van der Waals surface area contributed by atoms with Gasteiger partial charge in [0.15, 0.2) is 0 Å². The molecule has 2 atom stereocenters. The Morgan fingerprint density at radius 3 is 2.25 bits per heavy atom. The minimum atomic E-state index is 0.177. The van der Waals surface area contributed by atoms with Crippen molar-refractivity contribution in [2.24, 2.45) is 0 Å². The van der Waals surface area contributed by atoms with E-state index in [0.29, 0.717) is 5.92 Å². The number of hydrogen-bond donors (Lipinski definition) is 0. The van der Waals surface area contributed by atoms with Gasteiger partial charge in [0.25, 0.3) is 0 Å². The summed E-state index contributed by atoms with van der Waals surface area (Å²) in [6.07, 6.45) is 2.29. The fourth-order valence-electron chi connectivity index (χ4n) is 3.98. The van der Waals surface area contributed by atoms with Crippen LogP contribution in [0.25, 0.3) is 0 Å². The first kappa shape index (κ1) is 19.0. The van der Waals surface area contributed by atoms with Gasteiger partial charge < -0.3 is 9.64 Å². The molecule has 3 heteroatoms. The number of nitrogens with zero attached hydrogens (tertiary/aromatic N) is 1. The summed E-state index contributed by atoms with van der Waals surface area (Å²) in [6.45, 7) is 3.17. The molecule has 0 aliphatic carbocycles. The molecular formula is C25H26ClNO. The first-order valence-electron chi connectivity index (χ1n) is 10.0. The summed E-state index contributed by atoms with van der Waals surface area (Å²) in [4.78, 5) is 2.58. The fraction of sp³-hybridized carbons (Fsp3) is 0.280. The van der Waals surface area contributed by atoms with Gasteiger partial charge in [0, 0.05) is 30.6 Å². The van der Waals surface area contributed by atoms with Crippen molar-refractivity contribution in [2.75, 3.05) is 19.6 Å². The second-order valence-corrected chi connectivity index (χ2v) is 7.89. The Balaban J connectivity index is 1.46. The van der Waals surface area contributed by atoms with Crippen molar-refractivity contribution in [3.63, 3.8) is 0 Å². The van der Waals surface area contributed by atoms with E-state index in [0.717, 1.165) is 43.2 Å². The maximum absolute atomic E-state index is 6.40. The molecule has 1 aliphatic rings. The number of rotatable bonds is 6. The van der Waals surface area contributed by atoms with E-state index in [-0.39, 0.29) is 6.10 Å². The molecule has 2 nitrogen and oxygen atoms in total. The second kappa shape index (κ2) is 9.27. The zero-order valence-corrected chi connectivity index (χ0v) is 16.8. The molecule has 0 bridgehead atoms. The predicted molar refractivity (Wildman–Crippen MR) is 116 cm³/mol. The Hall–Kier alpha value is -2.29. The molecular weight excluding hydrogens is 366 g/mol. The lowest BCUT2D eigenvalue weighted by atomic mass is 9.87. The highest BCUT2D eigenvalue weighted by Crippen LogP contribution is 2.31.